The van der Waals surface area contributed by atoms with Gasteiger partial charge in [-0.1, -0.05) is 63.0 Å². The van der Waals surface area contributed by atoms with Gasteiger partial charge in [-0.3, -0.25) is 0 Å². The molecule has 0 fully saturated rings. The summed E-state index contributed by atoms with van der Waals surface area (Å²) in [6, 6.07) is 15.2. The molecular weight excluding hydrogens is 410 g/mol. The van der Waals surface area contributed by atoms with E-state index in [1.165, 1.54) is 21.2 Å². The third kappa shape index (κ3) is 3.09. The van der Waals surface area contributed by atoms with Crippen LogP contribution in [0.3, 0.4) is 0 Å². The van der Waals surface area contributed by atoms with Crippen molar-refractivity contribution in [1.82, 2.24) is 5.32 Å². The number of thiophene rings is 1. The maximum absolute atomic E-state index is 3.70. The SMILES string of the molecule is CCNC(c1ccc(Br)cc1Br)c1csc2ccccc12. The summed E-state index contributed by atoms with van der Waals surface area (Å²) in [4.78, 5) is 0. The molecule has 0 amide bonds. The monoisotopic (exact) mass is 423 g/mol. The molecular formula is C17H15Br2NS. The molecule has 0 aliphatic rings. The second-order valence-electron chi connectivity index (χ2n) is 4.84. The average Bonchev–Trinajstić information content (AvgIpc) is 2.89. The van der Waals surface area contributed by atoms with Crippen molar-refractivity contribution in [2.45, 2.75) is 13.0 Å². The van der Waals surface area contributed by atoms with E-state index in [0.717, 1.165) is 15.5 Å². The second-order valence-corrected chi connectivity index (χ2v) is 7.52. The number of fused-ring (bicyclic) bond motifs is 1. The summed E-state index contributed by atoms with van der Waals surface area (Å²) >= 11 is 9.03. The zero-order valence-corrected chi connectivity index (χ0v) is 15.6. The number of nitrogens with one attached hydrogen (secondary N) is 1. The number of benzene rings is 2. The molecule has 0 aliphatic carbocycles. The lowest BCUT2D eigenvalue weighted by molar-refractivity contribution is 0.633. The first kappa shape index (κ1) is 15.2. The normalized spacial score (nSPS) is 12.7. The van der Waals surface area contributed by atoms with E-state index in [2.05, 4.69) is 91.9 Å². The first-order chi connectivity index (χ1) is 10.2. The number of rotatable bonds is 4. The molecule has 0 bridgehead atoms. The molecule has 4 heteroatoms. The van der Waals surface area contributed by atoms with Gasteiger partial charge in [-0.2, -0.15) is 0 Å². The van der Waals surface area contributed by atoms with Gasteiger partial charge in [-0.25, -0.2) is 0 Å². The van der Waals surface area contributed by atoms with Crippen molar-refractivity contribution < 1.29 is 0 Å². The van der Waals surface area contributed by atoms with Crippen molar-refractivity contribution in [2.75, 3.05) is 6.54 Å². The Balaban J connectivity index is 2.13. The average molecular weight is 425 g/mol. The maximum atomic E-state index is 3.70. The summed E-state index contributed by atoms with van der Waals surface area (Å²) in [6.45, 7) is 3.08. The summed E-state index contributed by atoms with van der Waals surface area (Å²) in [5.74, 6) is 0. The lowest BCUT2D eigenvalue weighted by Crippen LogP contribution is -2.22. The fraction of sp³-hybridized carbons (Fsp3) is 0.176. The summed E-state index contributed by atoms with van der Waals surface area (Å²) in [5.41, 5.74) is 2.61. The quantitative estimate of drug-likeness (QED) is 0.531. The van der Waals surface area contributed by atoms with Gasteiger partial charge in [-0.05, 0) is 46.6 Å². The Morgan fingerprint density at radius 2 is 1.90 bits per heavy atom. The Hall–Kier alpha value is -0.680. The van der Waals surface area contributed by atoms with Gasteiger partial charge < -0.3 is 5.32 Å². The van der Waals surface area contributed by atoms with Crippen LogP contribution in [0.1, 0.15) is 24.1 Å². The molecule has 1 heterocycles. The number of hydrogen-bond acceptors (Lipinski definition) is 2. The molecule has 0 radical (unpaired) electrons. The Labute approximate surface area is 145 Å². The molecule has 2 aromatic carbocycles. The van der Waals surface area contributed by atoms with E-state index in [4.69, 9.17) is 0 Å². The van der Waals surface area contributed by atoms with Crippen LogP contribution in [-0.4, -0.2) is 6.54 Å². The second kappa shape index (κ2) is 6.61. The molecule has 21 heavy (non-hydrogen) atoms. The van der Waals surface area contributed by atoms with E-state index in [-0.39, 0.29) is 6.04 Å². The van der Waals surface area contributed by atoms with Crippen molar-refractivity contribution in [2.24, 2.45) is 0 Å². The predicted molar refractivity (Wildman–Crippen MR) is 99.2 cm³/mol. The van der Waals surface area contributed by atoms with Crippen molar-refractivity contribution in [1.29, 1.82) is 0 Å². The molecule has 0 spiro atoms. The standard InChI is InChI=1S/C17H15Br2NS/c1-2-20-17(13-8-7-11(18)9-15(13)19)14-10-21-16-6-4-3-5-12(14)16/h3-10,17,20H,2H2,1H3. The van der Waals surface area contributed by atoms with Crippen LogP contribution in [0, 0.1) is 0 Å². The molecule has 3 aromatic rings. The first-order valence-electron chi connectivity index (χ1n) is 6.85. The highest BCUT2D eigenvalue weighted by molar-refractivity contribution is 9.11. The lowest BCUT2D eigenvalue weighted by Gasteiger charge is -2.20. The summed E-state index contributed by atoms with van der Waals surface area (Å²) in [5, 5.41) is 7.22. The molecule has 108 valence electrons. The van der Waals surface area contributed by atoms with Crippen LogP contribution in [0.4, 0.5) is 0 Å². The maximum Gasteiger partial charge on any atom is 0.0602 e. The van der Waals surface area contributed by atoms with E-state index in [1.54, 1.807) is 0 Å². The highest BCUT2D eigenvalue weighted by atomic mass is 79.9. The number of hydrogen-bond donors (Lipinski definition) is 1. The minimum absolute atomic E-state index is 0.202. The molecule has 1 atom stereocenters. The van der Waals surface area contributed by atoms with E-state index in [1.807, 2.05) is 11.3 Å². The van der Waals surface area contributed by atoms with Crippen LogP contribution in [0.2, 0.25) is 0 Å². The largest absolute Gasteiger partial charge is 0.306 e. The van der Waals surface area contributed by atoms with Crippen molar-refractivity contribution in [3.8, 4) is 0 Å². The molecule has 1 unspecified atom stereocenters. The lowest BCUT2D eigenvalue weighted by atomic mass is 9.98. The van der Waals surface area contributed by atoms with Gasteiger partial charge in [0.05, 0.1) is 6.04 Å². The van der Waals surface area contributed by atoms with Crippen LogP contribution in [-0.2, 0) is 0 Å². The molecule has 1 nitrogen and oxygen atoms in total. The highest BCUT2D eigenvalue weighted by Crippen LogP contribution is 2.36. The van der Waals surface area contributed by atoms with Gasteiger partial charge in [0.2, 0.25) is 0 Å². The van der Waals surface area contributed by atoms with Gasteiger partial charge in [0.1, 0.15) is 0 Å². The van der Waals surface area contributed by atoms with Gasteiger partial charge in [0, 0.05) is 13.6 Å². The van der Waals surface area contributed by atoms with Crippen LogP contribution in [0.15, 0.2) is 56.8 Å². The van der Waals surface area contributed by atoms with Gasteiger partial charge in [0.25, 0.3) is 0 Å². The van der Waals surface area contributed by atoms with E-state index < -0.39 is 0 Å². The van der Waals surface area contributed by atoms with Crippen molar-refractivity contribution in [3.05, 3.63) is 67.9 Å². The van der Waals surface area contributed by atoms with Crippen LogP contribution < -0.4 is 5.32 Å². The Kier molecular flexibility index (Phi) is 4.79. The number of halogens is 2. The molecule has 0 aliphatic heterocycles. The van der Waals surface area contributed by atoms with E-state index in [9.17, 15) is 0 Å². The third-order valence-corrected chi connectivity index (χ3v) is 5.67. The smallest absolute Gasteiger partial charge is 0.0602 e. The van der Waals surface area contributed by atoms with Gasteiger partial charge >= 0.3 is 0 Å². The molecule has 0 saturated heterocycles. The predicted octanol–water partition coefficient (Wildman–Crippen LogP) is 6.13. The molecule has 1 N–H and O–H groups in total. The van der Waals surface area contributed by atoms with Crippen LogP contribution >= 0.6 is 43.2 Å². The summed E-state index contributed by atoms with van der Waals surface area (Å²) in [6.07, 6.45) is 0. The topological polar surface area (TPSA) is 12.0 Å². The Morgan fingerprint density at radius 3 is 2.67 bits per heavy atom. The Morgan fingerprint density at radius 1 is 1.10 bits per heavy atom. The fourth-order valence-corrected chi connectivity index (χ4v) is 4.81. The highest BCUT2D eigenvalue weighted by Gasteiger charge is 2.19. The van der Waals surface area contributed by atoms with Gasteiger partial charge in [0.15, 0.2) is 0 Å². The fourth-order valence-electron chi connectivity index (χ4n) is 2.55. The minimum atomic E-state index is 0.202. The molecule has 3 rings (SSSR count). The van der Waals surface area contributed by atoms with Crippen molar-refractivity contribution >= 4 is 53.3 Å². The van der Waals surface area contributed by atoms with Crippen molar-refractivity contribution in [3.63, 3.8) is 0 Å². The zero-order valence-electron chi connectivity index (χ0n) is 11.6. The summed E-state index contributed by atoms with van der Waals surface area (Å²) in [7, 11) is 0. The summed E-state index contributed by atoms with van der Waals surface area (Å²) < 4.78 is 3.55. The zero-order chi connectivity index (χ0) is 14.8. The first-order valence-corrected chi connectivity index (χ1v) is 9.31. The van der Waals surface area contributed by atoms with Gasteiger partial charge in [-0.15, -0.1) is 11.3 Å². The van der Waals surface area contributed by atoms with E-state index >= 15 is 0 Å². The van der Waals surface area contributed by atoms with E-state index in [0.29, 0.717) is 0 Å². The third-order valence-electron chi connectivity index (χ3n) is 3.50. The Bertz CT molecular complexity index is 766. The van der Waals surface area contributed by atoms with Crippen LogP contribution in [0.5, 0.6) is 0 Å². The minimum Gasteiger partial charge on any atom is -0.306 e. The van der Waals surface area contributed by atoms with Crippen LogP contribution in [0.25, 0.3) is 10.1 Å². The molecule has 1 aromatic heterocycles. The molecule has 0 saturated carbocycles.